The first kappa shape index (κ1) is 18.7. The topological polar surface area (TPSA) is 70.7 Å². The average molecular weight is 437 g/mol. The van der Waals surface area contributed by atoms with Gasteiger partial charge in [-0.25, -0.2) is 9.37 Å². The molecular formula is C18H18BrFN4OS. The quantitative estimate of drug-likeness (QED) is 0.588. The number of carbonyl (C=O) groups excluding carboxylic acids is 1. The lowest BCUT2D eigenvalue weighted by Crippen LogP contribution is -2.12. The lowest BCUT2D eigenvalue weighted by atomic mass is 10.1. The van der Waals surface area contributed by atoms with Crippen molar-refractivity contribution in [3.63, 3.8) is 0 Å². The van der Waals surface area contributed by atoms with E-state index in [9.17, 15) is 9.18 Å². The SMILES string of the molecule is Cc1nc(NC(=O)c2n[nH]c(C(C)C)c2Br)sc1Cc1ccccc1F. The first-order chi connectivity index (χ1) is 12.4. The van der Waals surface area contributed by atoms with E-state index in [2.05, 4.69) is 36.4 Å². The van der Waals surface area contributed by atoms with Gasteiger partial charge >= 0.3 is 0 Å². The Kier molecular flexibility index (Phi) is 5.52. The minimum Gasteiger partial charge on any atom is -0.296 e. The molecule has 0 aliphatic carbocycles. The third kappa shape index (κ3) is 3.86. The Morgan fingerprint density at radius 2 is 2.12 bits per heavy atom. The summed E-state index contributed by atoms with van der Waals surface area (Å²) in [5.41, 5.74) is 2.54. The molecule has 3 rings (SSSR count). The van der Waals surface area contributed by atoms with E-state index in [4.69, 9.17) is 0 Å². The summed E-state index contributed by atoms with van der Waals surface area (Å²) >= 11 is 4.77. The van der Waals surface area contributed by atoms with Gasteiger partial charge in [0.2, 0.25) is 0 Å². The predicted molar refractivity (Wildman–Crippen MR) is 104 cm³/mol. The van der Waals surface area contributed by atoms with Gasteiger partial charge in [0.25, 0.3) is 5.91 Å². The first-order valence-electron chi connectivity index (χ1n) is 8.11. The smallest absolute Gasteiger partial charge is 0.279 e. The van der Waals surface area contributed by atoms with Gasteiger partial charge in [0.15, 0.2) is 10.8 Å². The Hall–Kier alpha value is -2.06. The van der Waals surface area contributed by atoms with E-state index in [0.717, 1.165) is 16.3 Å². The minimum atomic E-state index is -0.341. The molecule has 0 aliphatic rings. The van der Waals surface area contributed by atoms with Crippen molar-refractivity contribution >= 4 is 38.3 Å². The van der Waals surface area contributed by atoms with Crippen LogP contribution in [0.15, 0.2) is 28.7 Å². The molecule has 0 saturated carbocycles. The second kappa shape index (κ2) is 7.67. The highest BCUT2D eigenvalue weighted by atomic mass is 79.9. The molecule has 2 aromatic heterocycles. The Morgan fingerprint density at radius 1 is 1.38 bits per heavy atom. The van der Waals surface area contributed by atoms with Crippen molar-refractivity contribution in [3.8, 4) is 0 Å². The maximum Gasteiger partial charge on any atom is 0.279 e. The molecule has 0 fully saturated rings. The summed E-state index contributed by atoms with van der Waals surface area (Å²) in [6.07, 6.45) is 0.440. The molecule has 26 heavy (non-hydrogen) atoms. The van der Waals surface area contributed by atoms with E-state index in [-0.39, 0.29) is 23.3 Å². The summed E-state index contributed by atoms with van der Waals surface area (Å²) in [7, 11) is 0. The molecule has 0 atom stereocenters. The summed E-state index contributed by atoms with van der Waals surface area (Å²) in [6.45, 7) is 5.88. The van der Waals surface area contributed by atoms with Gasteiger partial charge in [-0.15, -0.1) is 11.3 Å². The first-order valence-corrected chi connectivity index (χ1v) is 9.72. The fourth-order valence-corrected chi connectivity index (χ4v) is 4.29. The molecule has 0 unspecified atom stereocenters. The molecule has 0 radical (unpaired) electrons. The van der Waals surface area contributed by atoms with Crippen molar-refractivity contribution in [1.29, 1.82) is 0 Å². The molecule has 5 nitrogen and oxygen atoms in total. The number of aromatic amines is 1. The van der Waals surface area contributed by atoms with Crippen LogP contribution in [0, 0.1) is 12.7 Å². The van der Waals surface area contributed by atoms with Crippen molar-refractivity contribution < 1.29 is 9.18 Å². The Bertz CT molecular complexity index is 951. The molecule has 2 heterocycles. The van der Waals surface area contributed by atoms with E-state index in [1.54, 1.807) is 18.2 Å². The summed E-state index contributed by atoms with van der Waals surface area (Å²) < 4.78 is 14.5. The molecule has 0 bridgehead atoms. The average Bonchev–Trinajstić information content (AvgIpc) is 3.12. The lowest BCUT2D eigenvalue weighted by Gasteiger charge is -2.02. The van der Waals surface area contributed by atoms with Crippen molar-refractivity contribution in [2.45, 2.75) is 33.1 Å². The highest BCUT2D eigenvalue weighted by Crippen LogP contribution is 2.29. The zero-order valence-corrected chi connectivity index (χ0v) is 17.0. The van der Waals surface area contributed by atoms with Gasteiger partial charge < -0.3 is 0 Å². The van der Waals surface area contributed by atoms with Gasteiger partial charge in [-0.05, 0) is 40.4 Å². The highest BCUT2D eigenvalue weighted by molar-refractivity contribution is 9.10. The molecule has 3 aromatic rings. The summed E-state index contributed by atoms with van der Waals surface area (Å²) in [6, 6.07) is 6.66. The van der Waals surface area contributed by atoms with Crippen molar-refractivity contribution in [2.75, 3.05) is 5.32 Å². The number of rotatable bonds is 5. The fourth-order valence-electron chi connectivity index (χ4n) is 2.49. The predicted octanol–water partition coefficient (Wildman–Crippen LogP) is 5.04. The van der Waals surface area contributed by atoms with Crippen LogP contribution in [0.4, 0.5) is 9.52 Å². The molecular weight excluding hydrogens is 419 g/mol. The highest BCUT2D eigenvalue weighted by Gasteiger charge is 2.21. The lowest BCUT2D eigenvalue weighted by molar-refractivity contribution is 0.102. The van der Waals surface area contributed by atoms with E-state index in [0.29, 0.717) is 21.6 Å². The van der Waals surface area contributed by atoms with Gasteiger partial charge in [0.05, 0.1) is 15.9 Å². The maximum atomic E-state index is 13.9. The number of thiazole rings is 1. The Morgan fingerprint density at radius 3 is 2.77 bits per heavy atom. The molecule has 0 aliphatic heterocycles. The van der Waals surface area contributed by atoms with Crippen molar-refractivity contribution in [2.24, 2.45) is 0 Å². The molecule has 1 aromatic carbocycles. The largest absolute Gasteiger partial charge is 0.296 e. The number of anilines is 1. The minimum absolute atomic E-state index is 0.216. The van der Waals surface area contributed by atoms with Crippen LogP contribution in [0.5, 0.6) is 0 Å². The molecule has 2 N–H and O–H groups in total. The number of benzene rings is 1. The van der Waals surface area contributed by atoms with E-state index in [1.807, 2.05) is 20.8 Å². The molecule has 8 heteroatoms. The number of H-pyrrole nitrogens is 1. The summed E-state index contributed by atoms with van der Waals surface area (Å²) in [4.78, 5) is 17.8. The number of aromatic nitrogens is 3. The van der Waals surface area contributed by atoms with Gasteiger partial charge in [-0.3, -0.25) is 15.2 Å². The van der Waals surface area contributed by atoms with Crippen LogP contribution < -0.4 is 5.32 Å². The number of aryl methyl sites for hydroxylation is 1. The van der Waals surface area contributed by atoms with Crippen LogP contribution in [-0.4, -0.2) is 21.1 Å². The zero-order valence-electron chi connectivity index (χ0n) is 14.6. The second-order valence-electron chi connectivity index (χ2n) is 6.20. The Balaban J connectivity index is 1.77. The van der Waals surface area contributed by atoms with Crippen LogP contribution in [0.2, 0.25) is 0 Å². The van der Waals surface area contributed by atoms with E-state index < -0.39 is 0 Å². The molecule has 0 saturated heterocycles. The Labute approximate surface area is 163 Å². The summed E-state index contributed by atoms with van der Waals surface area (Å²) in [5, 5.41) is 10.2. The number of hydrogen-bond donors (Lipinski definition) is 2. The third-order valence-corrected chi connectivity index (χ3v) is 5.82. The monoisotopic (exact) mass is 436 g/mol. The van der Waals surface area contributed by atoms with Gasteiger partial charge in [-0.2, -0.15) is 5.10 Å². The number of nitrogens with zero attached hydrogens (tertiary/aromatic N) is 2. The number of hydrogen-bond acceptors (Lipinski definition) is 4. The summed E-state index contributed by atoms with van der Waals surface area (Å²) in [5.74, 6) is -0.369. The second-order valence-corrected chi connectivity index (χ2v) is 8.08. The van der Waals surface area contributed by atoms with Gasteiger partial charge in [-0.1, -0.05) is 32.0 Å². The van der Waals surface area contributed by atoms with Crippen molar-refractivity contribution in [3.05, 3.63) is 62.1 Å². The standard InChI is InChI=1S/C18H18BrFN4OS/c1-9(2)15-14(19)16(24-23-15)17(25)22-18-21-10(3)13(26-18)8-11-6-4-5-7-12(11)20/h4-7,9H,8H2,1-3H3,(H,23,24)(H,21,22,25). The molecule has 136 valence electrons. The zero-order chi connectivity index (χ0) is 18.8. The number of halogens is 2. The number of amides is 1. The van der Waals surface area contributed by atoms with Crippen LogP contribution in [0.3, 0.4) is 0 Å². The van der Waals surface area contributed by atoms with Crippen LogP contribution in [-0.2, 0) is 6.42 Å². The van der Waals surface area contributed by atoms with E-state index >= 15 is 0 Å². The fraction of sp³-hybridized carbons (Fsp3) is 0.278. The number of carbonyl (C=O) groups is 1. The third-order valence-electron chi connectivity index (χ3n) is 3.95. The van der Waals surface area contributed by atoms with E-state index in [1.165, 1.54) is 17.4 Å². The molecule has 1 amide bonds. The van der Waals surface area contributed by atoms with Gasteiger partial charge in [0, 0.05) is 11.3 Å². The van der Waals surface area contributed by atoms with Crippen LogP contribution >= 0.6 is 27.3 Å². The molecule has 0 spiro atoms. The maximum absolute atomic E-state index is 13.9. The van der Waals surface area contributed by atoms with Gasteiger partial charge in [0.1, 0.15) is 5.82 Å². The van der Waals surface area contributed by atoms with Crippen LogP contribution in [0.25, 0.3) is 0 Å². The van der Waals surface area contributed by atoms with Crippen LogP contribution in [0.1, 0.15) is 52.1 Å². The number of nitrogens with one attached hydrogen (secondary N) is 2. The normalized spacial score (nSPS) is 11.2. The van der Waals surface area contributed by atoms with Crippen molar-refractivity contribution in [1.82, 2.24) is 15.2 Å².